The van der Waals surface area contributed by atoms with Gasteiger partial charge in [0.2, 0.25) is 0 Å². The van der Waals surface area contributed by atoms with Gasteiger partial charge in [-0.05, 0) is 46.5 Å². The molecular formula is C14H26O2. The molecule has 1 aliphatic carbocycles. The second-order valence-electron chi connectivity index (χ2n) is 7.09. The zero-order chi connectivity index (χ0) is 12.6. The van der Waals surface area contributed by atoms with Crippen LogP contribution in [-0.2, 0) is 9.53 Å². The summed E-state index contributed by atoms with van der Waals surface area (Å²) in [5, 5.41) is 0. The second kappa shape index (κ2) is 4.05. The Morgan fingerprint density at radius 1 is 1.00 bits per heavy atom. The van der Waals surface area contributed by atoms with Crippen molar-refractivity contribution >= 4 is 5.97 Å². The molecule has 0 unspecified atom stereocenters. The molecule has 1 fully saturated rings. The SMILES string of the molecule is CC(C)(C)C(=O)OC1(C(C)(C)C)CCCC1. The van der Waals surface area contributed by atoms with E-state index in [2.05, 4.69) is 20.8 Å². The number of ether oxygens (including phenoxy) is 1. The Kier molecular flexibility index (Phi) is 3.42. The molecule has 0 radical (unpaired) electrons. The molecule has 0 aromatic carbocycles. The molecule has 0 heterocycles. The van der Waals surface area contributed by atoms with Crippen LogP contribution in [0, 0.1) is 10.8 Å². The first kappa shape index (κ1) is 13.5. The summed E-state index contributed by atoms with van der Waals surface area (Å²) in [5.41, 5.74) is -0.609. The van der Waals surface area contributed by atoms with Gasteiger partial charge in [0.15, 0.2) is 0 Å². The van der Waals surface area contributed by atoms with Gasteiger partial charge in [0.25, 0.3) is 0 Å². The Labute approximate surface area is 99.8 Å². The lowest BCUT2D eigenvalue weighted by molar-refractivity contribution is -0.182. The summed E-state index contributed by atoms with van der Waals surface area (Å²) >= 11 is 0. The van der Waals surface area contributed by atoms with Crippen molar-refractivity contribution in [3.05, 3.63) is 0 Å². The minimum Gasteiger partial charge on any atom is -0.458 e. The first-order chi connectivity index (χ1) is 7.08. The Balaban J connectivity index is 2.86. The summed E-state index contributed by atoms with van der Waals surface area (Å²) in [5.74, 6) is -0.0654. The van der Waals surface area contributed by atoms with Crippen LogP contribution in [0.3, 0.4) is 0 Å². The first-order valence-corrected chi connectivity index (χ1v) is 6.32. The van der Waals surface area contributed by atoms with Crippen LogP contribution in [0.2, 0.25) is 0 Å². The van der Waals surface area contributed by atoms with Gasteiger partial charge >= 0.3 is 5.97 Å². The molecule has 94 valence electrons. The van der Waals surface area contributed by atoms with Gasteiger partial charge in [0.05, 0.1) is 5.41 Å². The molecule has 0 N–H and O–H groups in total. The molecule has 0 amide bonds. The van der Waals surface area contributed by atoms with Crippen molar-refractivity contribution < 1.29 is 9.53 Å². The zero-order valence-electron chi connectivity index (χ0n) is 11.6. The summed E-state index contributed by atoms with van der Waals surface area (Å²) in [4.78, 5) is 12.1. The fourth-order valence-electron chi connectivity index (χ4n) is 2.28. The third kappa shape index (κ3) is 2.58. The van der Waals surface area contributed by atoms with E-state index in [0.29, 0.717) is 0 Å². The quantitative estimate of drug-likeness (QED) is 0.633. The molecule has 1 aliphatic rings. The minimum absolute atomic E-state index is 0.0322. The maximum atomic E-state index is 12.1. The number of esters is 1. The molecule has 2 nitrogen and oxygen atoms in total. The van der Waals surface area contributed by atoms with Crippen molar-refractivity contribution in [2.24, 2.45) is 10.8 Å². The van der Waals surface area contributed by atoms with Crippen LogP contribution in [0.4, 0.5) is 0 Å². The van der Waals surface area contributed by atoms with E-state index in [1.807, 2.05) is 20.8 Å². The lowest BCUT2D eigenvalue weighted by atomic mass is 9.75. The van der Waals surface area contributed by atoms with Gasteiger partial charge in [-0.1, -0.05) is 20.8 Å². The van der Waals surface area contributed by atoms with Crippen molar-refractivity contribution in [2.75, 3.05) is 0 Å². The van der Waals surface area contributed by atoms with Gasteiger partial charge in [-0.2, -0.15) is 0 Å². The molecule has 1 saturated carbocycles. The van der Waals surface area contributed by atoms with Crippen LogP contribution in [-0.4, -0.2) is 11.6 Å². The van der Waals surface area contributed by atoms with E-state index in [1.165, 1.54) is 12.8 Å². The molecule has 0 aromatic rings. The van der Waals surface area contributed by atoms with Gasteiger partial charge in [-0.25, -0.2) is 0 Å². The largest absolute Gasteiger partial charge is 0.458 e. The minimum atomic E-state index is -0.402. The molecule has 2 heteroatoms. The maximum Gasteiger partial charge on any atom is 0.311 e. The molecule has 1 rings (SSSR count). The highest BCUT2D eigenvalue weighted by Crippen LogP contribution is 2.47. The third-order valence-electron chi connectivity index (χ3n) is 3.68. The zero-order valence-corrected chi connectivity index (χ0v) is 11.6. The van der Waals surface area contributed by atoms with E-state index in [4.69, 9.17) is 4.74 Å². The Bertz CT molecular complexity index is 259. The molecule has 0 aliphatic heterocycles. The summed E-state index contributed by atoms with van der Waals surface area (Å²) < 4.78 is 5.89. The predicted octanol–water partition coefficient (Wildman–Crippen LogP) is 3.93. The number of rotatable bonds is 1. The van der Waals surface area contributed by atoms with Crippen molar-refractivity contribution in [2.45, 2.75) is 72.8 Å². The van der Waals surface area contributed by atoms with E-state index >= 15 is 0 Å². The number of hydrogen-bond donors (Lipinski definition) is 0. The highest BCUT2D eigenvalue weighted by molar-refractivity contribution is 5.76. The van der Waals surface area contributed by atoms with Crippen molar-refractivity contribution in [1.29, 1.82) is 0 Å². The molecule has 0 saturated heterocycles. The Hall–Kier alpha value is -0.530. The van der Waals surface area contributed by atoms with E-state index in [1.54, 1.807) is 0 Å². The standard InChI is InChI=1S/C14H26O2/c1-12(2,3)11(15)16-14(13(4,5)6)9-7-8-10-14/h7-10H2,1-6H3. The molecule has 0 aromatic heterocycles. The molecule has 0 atom stereocenters. The van der Waals surface area contributed by atoms with Crippen LogP contribution in [0.25, 0.3) is 0 Å². The van der Waals surface area contributed by atoms with Gasteiger partial charge < -0.3 is 4.74 Å². The van der Waals surface area contributed by atoms with E-state index in [-0.39, 0.29) is 17.0 Å². The monoisotopic (exact) mass is 226 g/mol. The van der Waals surface area contributed by atoms with Crippen molar-refractivity contribution in [3.8, 4) is 0 Å². The Morgan fingerprint density at radius 3 is 1.75 bits per heavy atom. The topological polar surface area (TPSA) is 26.3 Å². The average Bonchev–Trinajstić information content (AvgIpc) is 2.50. The fourth-order valence-corrected chi connectivity index (χ4v) is 2.28. The summed E-state index contributed by atoms with van der Waals surface area (Å²) in [6, 6.07) is 0. The van der Waals surface area contributed by atoms with Crippen LogP contribution in [0.15, 0.2) is 0 Å². The van der Waals surface area contributed by atoms with Crippen LogP contribution < -0.4 is 0 Å². The average molecular weight is 226 g/mol. The third-order valence-corrected chi connectivity index (χ3v) is 3.68. The Morgan fingerprint density at radius 2 is 1.44 bits per heavy atom. The van der Waals surface area contributed by atoms with E-state index < -0.39 is 5.41 Å². The number of hydrogen-bond acceptors (Lipinski definition) is 2. The number of carbonyl (C=O) groups is 1. The smallest absolute Gasteiger partial charge is 0.311 e. The van der Waals surface area contributed by atoms with Gasteiger partial charge in [0, 0.05) is 5.41 Å². The van der Waals surface area contributed by atoms with Gasteiger partial charge in [0.1, 0.15) is 5.60 Å². The molecule has 0 bridgehead atoms. The maximum absolute atomic E-state index is 12.1. The summed E-state index contributed by atoms with van der Waals surface area (Å²) in [7, 11) is 0. The van der Waals surface area contributed by atoms with Crippen molar-refractivity contribution in [1.82, 2.24) is 0 Å². The van der Waals surface area contributed by atoms with Crippen LogP contribution in [0.1, 0.15) is 67.2 Å². The summed E-state index contributed by atoms with van der Waals surface area (Å²) in [6.07, 6.45) is 4.38. The number of carbonyl (C=O) groups excluding carboxylic acids is 1. The van der Waals surface area contributed by atoms with Gasteiger partial charge in [-0.15, -0.1) is 0 Å². The molecule has 16 heavy (non-hydrogen) atoms. The van der Waals surface area contributed by atoms with Crippen molar-refractivity contribution in [3.63, 3.8) is 0 Å². The lowest BCUT2D eigenvalue weighted by Gasteiger charge is -2.42. The fraction of sp³-hybridized carbons (Fsp3) is 0.929. The molecule has 0 spiro atoms. The van der Waals surface area contributed by atoms with Crippen LogP contribution in [0.5, 0.6) is 0 Å². The second-order valence-corrected chi connectivity index (χ2v) is 7.09. The highest BCUT2D eigenvalue weighted by Gasteiger charge is 2.48. The van der Waals surface area contributed by atoms with Crippen LogP contribution >= 0.6 is 0 Å². The summed E-state index contributed by atoms with van der Waals surface area (Å²) in [6.45, 7) is 12.3. The lowest BCUT2D eigenvalue weighted by Crippen LogP contribution is -2.46. The van der Waals surface area contributed by atoms with Gasteiger partial charge in [-0.3, -0.25) is 4.79 Å². The first-order valence-electron chi connectivity index (χ1n) is 6.32. The predicted molar refractivity (Wildman–Crippen MR) is 66.2 cm³/mol. The normalized spacial score (nSPS) is 20.9. The van der Waals surface area contributed by atoms with E-state index in [9.17, 15) is 4.79 Å². The van der Waals surface area contributed by atoms with E-state index in [0.717, 1.165) is 12.8 Å². The molecular weight excluding hydrogens is 200 g/mol. The highest BCUT2D eigenvalue weighted by atomic mass is 16.6.